The van der Waals surface area contributed by atoms with Gasteiger partial charge in [-0.2, -0.15) is 0 Å². The molecule has 1 aliphatic heterocycles. The molecule has 5 nitrogen and oxygen atoms in total. The number of carbonyl (C=O) groups is 1. The van der Waals surface area contributed by atoms with Crippen LogP contribution in [0.4, 0.5) is 0 Å². The summed E-state index contributed by atoms with van der Waals surface area (Å²) in [7, 11) is 1.36. The molecule has 0 amide bonds. The number of phenolic OH excluding ortho intramolecular Hbond substituents is 1. The predicted molar refractivity (Wildman–Crippen MR) is 65.1 cm³/mol. The van der Waals surface area contributed by atoms with Gasteiger partial charge < -0.3 is 14.6 Å². The van der Waals surface area contributed by atoms with E-state index >= 15 is 0 Å². The van der Waals surface area contributed by atoms with Crippen molar-refractivity contribution in [2.45, 2.75) is 12.6 Å². The van der Waals surface area contributed by atoms with Crippen LogP contribution >= 0.6 is 0 Å². The van der Waals surface area contributed by atoms with Crippen molar-refractivity contribution in [3.63, 3.8) is 0 Å². The summed E-state index contributed by atoms with van der Waals surface area (Å²) in [5.41, 5.74) is 1.01. The molecule has 0 spiro atoms. The van der Waals surface area contributed by atoms with Gasteiger partial charge in [-0.15, -0.1) is 0 Å². The summed E-state index contributed by atoms with van der Waals surface area (Å²) in [4.78, 5) is 13.5. The largest absolute Gasteiger partial charge is 0.508 e. The summed E-state index contributed by atoms with van der Waals surface area (Å²) in [5, 5.41) is 9.40. The van der Waals surface area contributed by atoms with Gasteiger partial charge in [-0.25, -0.2) is 4.79 Å². The number of hydrogen-bond acceptors (Lipinski definition) is 5. The van der Waals surface area contributed by atoms with E-state index in [4.69, 9.17) is 4.74 Å². The van der Waals surface area contributed by atoms with Crippen LogP contribution in [0.5, 0.6) is 5.75 Å². The van der Waals surface area contributed by atoms with Crippen LogP contribution in [0.25, 0.3) is 0 Å². The Morgan fingerprint density at radius 3 is 3.17 bits per heavy atom. The molecule has 2 rings (SSSR count). The molecule has 1 N–H and O–H groups in total. The minimum atomic E-state index is -0.513. The first-order chi connectivity index (χ1) is 8.69. The SMILES string of the molecule is COC(=O)C1CN(Cc2cccc(O)c2)CCO1. The highest BCUT2D eigenvalue weighted by atomic mass is 16.6. The van der Waals surface area contributed by atoms with Crippen LogP contribution in [0.2, 0.25) is 0 Å². The number of carbonyl (C=O) groups excluding carboxylic acids is 1. The second-order valence-corrected chi connectivity index (χ2v) is 4.29. The number of aromatic hydroxyl groups is 1. The Hall–Kier alpha value is -1.59. The molecule has 1 aromatic rings. The number of methoxy groups -OCH3 is 1. The number of benzene rings is 1. The summed E-state index contributed by atoms with van der Waals surface area (Å²) in [6.45, 7) is 2.48. The van der Waals surface area contributed by atoms with Gasteiger partial charge in [0.05, 0.1) is 13.7 Å². The lowest BCUT2D eigenvalue weighted by Gasteiger charge is -2.31. The van der Waals surface area contributed by atoms with E-state index in [0.717, 1.165) is 12.1 Å². The van der Waals surface area contributed by atoms with Crippen molar-refractivity contribution < 1.29 is 19.4 Å². The molecule has 1 aromatic carbocycles. The highest BCUT2D eigenvalue weighted by Gasteiger charge is 2.27. The summed E-state index contributed by atoms with van der Waals surface area (Å²) in [5.74, 6) is -0.0825. The van der Waals surface area contributed by atoms with Gasteiger partial charge in [0.1, 0.15) is 5.75 Å². The van der Waals surface area contributed by atoms with Crippen molar-refractivity contribution in [1.82, 2.24) is 4.90 Å². The third-order valence-electron chi connectivity index (χ3n) is 2.93. The monoisotopic (exact) mass is 251 g/mol. The normalized spacial score (nSPS) is 20.6. The Labute approximate surface area is 106 Å². The molecular weight excluding hydrogens is 234 g/mol. The Bertz CT molecular complexity index is 421. The van der Waals surface area contributed by atoms with Crippen molar-refractivity contribution in [3.05, 3.63) is 29.8 Å². The number of esters is 1. The number of hydrogen-bond donors (Lipinski definition) is 1. The molecule has 0 aliphatic carbocycles. The van der Waals surface area contributed by atoms with Gasteiger partial charge in [-0.3, -0.25) is 4.90 Å². The second kappa shape index (κ2) is 5.84. The molecule has 0 aromatic heterocycles. The summed E-state index contributed by atoms with van der Waals surface area (Å²) in [6, 6.07) is 7.12. The van der Waals surface area contributed by atoms with Crippen molar-refractivity contribution in [2.75, 3.05) is 26.8 Å². The first-order valence-electron chi connectivity index (χ1n) is 5.89. The quantitative estimate of drug-likeness (QED) is 0.804. The van der Waals surface area contributed by atoms with E-state index in [2.05, 4.69) is 9.64 Å². The van der Waals surface area contributed by atoms with E-state index < -0.39 is 6.10 Å². The fourth-order valence-electron chi connectivity index (χ4n) is 2.03. The van der Waals surface area contributed by atoms with E-state index in [0.29, 0.717) is 19.7 Å². The Kier molecular flexibility index (Phi) is 4.17. The van der Waals surface area contributed by atoms with Crippen molar-refractivity contribution in [2.24, 2.45) is 0 Å². The maximum Gasteiger partial charge on any atom is 0.336 e. The molecule has 1 heterocycles. The lowest BCUT2D eigenvalue weighted by molar-refractivity contribution is -0.160. The molecule has 1 fully saturated rings. The molecule has 0 bridgehead atoms. The van der Waals surface area contributed by atoms with E-state index in [9.17, 15) is 9.90 Å². The third kappa shape index (κ3) is 3.21. The molecule has 5 heteroatoms. The topological polar surface area (TPSA) is 59.0 Å². The van der Waals surface area contributed by atoms with Crippen LogP contribution in [0.3, 0.4) is 0 Å². The van der Waals surface area contributed by atoms with E-state index in [-0.39, 0.29) is 11.7 Å². The van der Waals surface area contributed by atoms with Crippen LogP contribution in [0.1, 0.15) is 5.56 Å². The lowest BCUT2D eigenvalue weighted by Crippen LogP contribution is -2.46. The van der Waals surface area contributed by atoms with Gasteiger partial charge in [0, 0.05) is 19.6 Å². The van der Waals surface area contributed by atoms with Gasteiger partial charge in [-0.1, -0.05) is 12.1 Å². The molecule has 1 saturated heterocycles. The highest BCUT2D eigenvalue weighted by Crippen LogP contribution is 2.15. The predicted octanol–water partition coefficient (Wildman–Crippen LogP) is 0.766. The first-order valence-corrected chi connectivity index (χ1v) is 5.89. The van der Waals surface area contributed by atoms with E-state index in [1.165, 1.54) is 7.11 Å². The summed E-state index contributed by atoms with van der Waals surface area (Å²) < 4.78 is 10.0. The molecular formula is C13H17NO4. The molecule has 0 saturated carbocycles. The average Bonchev–Trinajstić information content (AvgIpc) is 2.38. The fourth-order valence-corrected chi connectivity index (χ4v) is 2.03. The minimum Gasteiger partial charge on any atom is -0.508 e. The van der Waals surface area contributed by atoms with Gasteiger partial charge in [0.2, 0.25) is 0 Å². The molecule has 1 atom stereocenters. The molecule has 1 unspecified atom stereocenters. The summed E-state index contributed by atoms with van der Waals surface area (Å²) >= 11 is 0. The average molecular weight is 251 g/mol. The van der Waals surface area contributed by atoms with Gasteiger partial charge >= 0.3 is 5.97 Å². The maximum atomic E-state index is 11.4. The van der Waals surface area contributed by atoms with Gasteiger partial charge in [0.15, 0.2) is 6.10 Å². The minimum absolute atomic E-state index is 0.255. The Morgan fingerprint density at radius 2 is 2.44 bits per heavy atom. The standard InChI is InChI=1S/C13H17NO4/c1-17-13(16)12-9-14(5-6-18-12)8-10-3-2-4-11(15)7-10/h2-4,7,12,15H,5-6,8-9H2,1H3. The second-order valence-electron chi connectivity index (χ2n) is 4.29. The van der Waals surface area contributed by atoms with Crippen LogP contribution in [-0.4, -0.2) is 48.9 Å². The first kappa shape index (κ1) is 12.9. The zero-order valence-electron chi connectivity index (χ0n) is 10.3. The van der Waals surface area contributed by atoms with Crippen molar-refractivity contribution in [1.29, 1.82) is 0 Å². The Morgan fingerprint density at radius 1 is 1.61 bits per heavy atom. The smallest absolute Gasteiger partial charge is 0.336 e. The fraction of sp³-hybridized carbons (Fsp3) is 0.462. The number of ether oxygens (including phenoxy) is 2. The van der Waals surface area contributed by atoms with Gasteiger partial charge in [0.25, 0.3) is 0 Å². The third-order valence-corrected chi connectivity index (χ3v) is 2.93. The summed E-state index contributed by atoms with van der Waals surface area (Å²) in [6.07, 6.45) is -0.513. The molecule has 0 radical (unpaired) electrons. The van der Waals surface area contributed by atoms with E-state index in [1.54, 1.807) is 12.1 Å². The number of nitrogens with zero attached hydrogens (tertiary/aromatic N) is 1. The number of phenols is 1. The molecule has 18 heavy (non-hydrogen) atoms. The van der Waals surface area contributed by atoms with E-state index in [1.807, 2.05) is 12.1 Å². The zero-order valence-corrected chi connectivity index (χ0v) is 10.3. The zero-order chi connectivity index (χ0) is 13.0. The van der Waals surface area contributed by atoms with Crippen LogP contribution in [0, 0.1) is 0 Å². The highest BCUT2D eigenvalue weighted by molar-refractivity contribution is 5.74. The van der Waals surface area contributed by atoms with Crippen LogP contribution in [0.15, 0.2) is 24.3 Å². The van der Waals surface area contributed by atoms with Crippen LogP contribution in [-0.2, 0) is 20.8 Å². The molecule has 98 valence electrons. The van der Waals surface area contributed by atoms with Crippen molar-refractivity contribution >= 4 is 5.97 Å². The number of morpholine rings is 1. The molecule has 1 aliphatic rings. The van der Waals surface area contributed by atoms with Crippen LogP contribution < -0.4 is 0 Å². The Balaban J connectivity index is 1.95. The van der Waals surface area contributed by atoms with Gasteiger partial charge in [-0.05, 0) is 17.7 Å². The maximum absolute atomic E-state index is 11.4. The lowest BCUT2D eigenvalue weighted by atomic mass is 10.2. The number of rotatable bonds is 3. The van der Waals surface area contributed by atoms with Crippen molar-refractivity contribution in [3.8, 4) is 5.75 Å².